The molecule has 0 saturated carbocycles. The number of amides is 1. The van der Waals surface area contributed by atoms with Crippen molar-refractivity contribution >= 4 is 35.8 Å². The molecule has 1 heterocycles. The number of methoxy groups -OCH3 is 1. The summed E-state index contributed by atoms with van der Waals surface area (Å²) in [4.78, 5) is 18.7. The van der Waals surface area contributed by atoms with Gasteiger partial charge in [-0.1, -0.05) is 12.5 Å². The number of halogens is 1. The van der Waals surface area contributed by atoms with Crippen molar-refractivity contribution in [2.45, 2.75) is 52.1 Å². The van der Waals surface area contributed by atoms with E-state index in [1.54, 1.807) is 7.11 Å². The summed E-state index contributed by atoms with van der Waals surface area (Å²) in [7, 11) is 1.64. The molecule has 8 heteroatoms. The van der Waals surface area contributed by atoms with Gasteiger partial charge in [-0.05, 0) is 45.2 Å². The molecule has 0 bridgehead atoms. The molecule has 1 atom stereocenters. The summed E-state index contributed by atoms with van der Waals surface area (Å²) in [6, 6.07) is 7.58. The number of guanidine groups is 1. The fraction of sp³-hybridized carbons (Fsp3) is 0.636. The van der Waals surface area contributed by atoms with Gasteiger partial charge >= 0.3 is 0 Å². The van der Waals surface area contributed by atoms with E-state index in [-0.39, 0.29) is 30.1 Å². The Kier molecular flexibility index (Phi) is 13.3. The second-order valence-electron chi connectivity index (χ2n) is 7.30. The van der Waals surface area contributed by atoms with Gasteiger partial charge in [0.05, 0.1) is 13.7 Å². The van der Waals surface area contributed by atoms with Crippen LogP contribution in [0.5, 0.6) is 11.5 Å². The Hall–Kier alpha value is -1.71. The van der Waals surface area contributed by atoms with Crippen LogP contribution in [0.25, 0.3) is 0 Å². The van der Waals surface area contributed by atoms with Crippen molar-refractivity contribution in [2.24, 2.45) is 4.99 Å². The van der Waals surface area contributed by atoms with Crippen LogP contribution >= 0.6 is 24.0 Å². The summed E-state index contributed by atoms with van der Waals surface area (Å²) in [5.41, 5.74) is 0. The molecule has 0 spiro atoms. The smallest absolute Gasteiger partial charge is 0.222 e. The number of likely N-dealkylation sites (tertiary alicyclic amines) is 1. The van der Waals surface area contributed by atoms with Crippen molar-refractivity contribution in [3.05, 3.63) is 24.3 Å². The molecule has 1 aliphatic rings. The summed E-state index contributed by atoms with van der Waals surface area (Å²) in [5.74, 6) is 2.62. The minimum absolute atomic E-state index is 0. The summed E-state index contributed by atoms with van der Waals surface area (Å²) in [5, 5.41) is 6.61. The minimum Gasteiger partial charge on any atom is -0.497 e. The molecule has 2 rings (SSSR count). The predicted octanol–water partition coefficient (Wildman–Crippen LogP) is 3.43. The van der Waals surface area contributed by atoms with Gasteiger partial charge in [0.15, 0.2) is 5.96 Å². The van der Waals surface area contributed by atoms with Crippen molar-refractivity contribution < 1.29 is 14.3 Å². The molecule has 0 radical (unpaired) electrons. The normalized spacial score (nSPS) is 15.6. The van der Waals surface area contributed by atoms with Crippen LogP contribution in [0.1, 0.15) is 46.0 Å². The second kappa shape index (κ2) is 15.1. The van der Waals surface area contributed by atoms with Crippen LogP contribution in [0, 0.1) is 0 Å². The van der Waals surface area contributed by atoms with Gasteiger partial charge in [-0.3, -0.25) is 4.79 Å². The van der Waals surface area contributed by atoms with Crippen LogP contribution in [0.4, 0.5) is 0 Å². The average molecular weight is 532 g/mol. The van der Waals surface area contributed by atoms with E-state index >= 15 is 0 Å². The zero-order valence-corrected chi connectivity index (χ0v) is 20.8. The Labute approximate surface area is 198 Å². The van der Waals surface area contributed by atoms with Crippen molar-refractivity contribution in [3.8, 4) is 11.5 Å². The van der Waals surface area contributed by atoms with Crippen molar-refractivity contribution in [1.29, 1.82) is 0 Å². The maximum atomic E-state index is 12.1. The number of rotatable bonds is 10. The summed E-state index contributed by atoms with van der Waals surface area (Å²) in [6.07, 6.45) is 4.85. The highest BCUT2D eigenvalue weighted by molar-refractivity contribution is 14.0. The topological polar surface area (TPSA) is 75.2 Å². The molecule has 1 aromatic rings. The Balaban J connectivity index is 0.00000450. The van der Waals surface area contributed by atoms with Crippen molar-refractivity contribution in [3.63, 3.8) is 0 Å². The minimum atomic E-state index is -0.0627. The summed E-state index contributed by atoms with van der Waals surface area (Å²) < 4.78 is 11.2. The molecule has 30 heavy (non-hydrogen) atoms. The van der Waals surface area contributed by atoms with Gasteiger partial charge in [0, 0.05) is 38.7 Å². The van der Waals surface area contributed by atoms with Crippen molar-refractivity contribution in [2.75, 3.05) is 39.8 Å². The SMILES string of the molecule is CCNC(=NCC(C)Oc1cccc(OC)c1)NCCCN1CCCCCC1=O.I. The molecule has 0 aromatic heterocycles. The van der Waals surface area contributed by atoms with E-state index < -0.39 is 0 Å². The highest BCUT2D eigenvalue weighted by atomic mass is 127. The lowest BCUT2D eigenvalue weighted by atomic mass is 10.2. The molecule has 7 nitrogen and oxygen atoms in total. The molecular weight excluding hydrogens is 495 g/mol. The van der Waals surface area contributed by atoms with Crippen molar-refractivity contribution in [1.82, 2.24) is 15.5 Å². The van der Waals surface area contributed by atoms with E-state index in [2.05, 4.69) is 15.6 Å². The molecule has 1 saturated heterocycles. The van der Waals surface area contributed by atoms with E-state index in [1.807, 2.05) is 43.0 Å². The molecular formula is C22H37IN4O3. The number of carbonyl (C=O) groups is 1. The van der Waals surface area contributed by atoms with Gasteiger partial charge < -0.3 is 25.0 Å². The Morgan fingerprint density at radius 3 is 2.80 bits per heavy atom. The number of hydrogen-bond donors (Lipinski definition) is 2. The highest BCUT2D eigenvalue weighted by Crippen LogP contribution is 2.20. The zero-order valence-electron chi connectivity index (χ0n) is 18.5. The van der Waals surface area contributed by atoms with Crippen LogP contribution in [0.2, 0.25) is 0 Å². The quantitative estimate of drug-likeness (QED) is 0.209. The first-order valence-corrected chi connectivity index (χ1v) is 10.7. The van der Waals surface area contributed by atoms with E-state index in [9.17, 15) is 4.79 Å². The summed E-state index contributed by atoms with van der Waals surface area (Å²) in [6.45, 7) is 7.85. The molecule has 1 amide bonds. The molecule has 1 fully saturated rings. The van der Waals surface area contributed by atoms with E-state index in [1.165, 1.54) is 0 Å². The molecule has 2 N–H and O–H groups in total. The average Bonchev–Trinajstić information content (AvgIpc) is 2.93. The van der Waals surface area contributed by atoms with Crippen LogP contribution in [-0.2, 0) is 4.79 Å². The Bertz CT molecular complexity index is 657. The third-order valence-electron chi connectivity index (χ3n) is 4.80. The van der Waals surface area contributed by atoms with Gasteiger partial charge in [0.1, 0.15) is 17.6 Å². The van der Waals surface area contributed by atoms with E-state index in [0.29, 0.717) is 18.9 Å². The fourth-order valence-corrected chi connectivity index (χ4v) is 3.26. The van der Waals surface area contributed by atoms with Crippen LogP contribution in [0.15, 0.2) is 29.3 Å². The molecule has 1 aromatic carbocycles. The number of carbonyl (C=O) groups excluding carboxylic acids is 1. The fourth-order valence-electron chi connectivity index (χ4n) is 3.26. The number of nitrogens with zero attached hydrogens (tertiary/aromatic N) is 2. The number of ether oxygens (including phenoxy) is 2. The maximum Gasteiger partial charge on any atom is 0.222 e. The van der Waals surface area contributed by atoms with Crippen LogP contribution in [-0.4, -0.2) is 62.7 Å². The second-order valence-corrected chi connectivity index (χ2v) is 7.30. The monoisotopic (exact) mass is 532 g/mol. The molecule has 1 aliphatic heterocycles. The van der Waals surface area contributed by atoms with Crippen LogP contribution < -0.4 is 20.1 Å². The largest absolute Gasteiger partial charge is 0.497 e. The summed E-state index contributed by atoms with van der Waals surface area (Å²) >= 11 is 0. The molecule has 1 unspecified atom stereocenters. The number of aliphatic imine (C=N–C) groups is 1. The first-order chi connectivity index (χ1) is 14.1. The lowest BCUT2D eigenvalue weighted by molar-refractivity contribution is -0.130. The lowest BCUT2D eigenvalue weighted by Crippen LogP contribution is -2.40. The zero-order chi connectivity index (χ0) is 20.9. The molecule has 0 aliphatic carbocycles. The number of nitrogens with one attached hydrogen (secondary N) is 2. The van der Waals surface area contributed by atoms with Gasteiger partial charge in [0.25, 0.3) is 0 Å². The number of benzene rings is 1. The highest BCUT2D eigenvalue weighted by Gasteiger charge is 2.15. The van der Waals surface area contributed by atoms with E-state index in [4.69, 9.17) is 9.47 Å². The molecule has 170 valence electrons. The van der Waals surface area contributed by atoms with E-state index in [0.717, 1.165) is 69.3 Å². The third-order valence-corrected chi connectivity index (χ3v) is 4.80. The predicted molar refractivity (Wildman–Crippen MR) is 132 cm³/mol. The van der Waals surface area contributed by atoms with Gasteiger partial charge in [-0.25, -0.2) is 4.99 Å². The van der Waals surface area contributed by atoms with Gasteiger partial charge in [0.2, 0.25) is 5.91 Å². The van der Waals surface area contributed by atoms with Crippen LogP contribution in [0.3, 0.4) is 0 Å². The lowest BCUT2D eigenvalue weighted by Gasteiger charge is -2.21. The first-order valence-electron chi connectivity index (χ1n) is 10.7. The third kappa shape index (κ3) is 9.86. The van der Waals surface area contributed by atoms with Gasteiger partial charge in [-0.15, -0.1) is 24.0 Å². The Morgan fingerprint density at radius 1 is 1.23 bits per heavy atom. The standard InChI is InChI=1S/C22H36N4O3.HI/c1-4-23-22(24-13-9-15-26-14-7-5-6-12-21(26)27)25-17-18(2)29-20-11-8-10-19(16-20)28-3;/h8,10-11,16,18H,4-7,9,12-15,17H2,1-3H3,(H2,23,24,25);1H. The number of hydrogen-bond acceptors (Lipinski definition) is 4. The Morgan fingerprint density at radius 2 is 2.03 bits per heavy atom. The van der Waals surface area contributed by atoms with Gasteiger partial charge in [-0.2, -0.15) is 0 Å². The maximum absolute atomic E-state index is 12.1. The first kappa shape index (κ1) is 26.3.